The lowest BCUT2D eigenvalue weighted by atomic mass is 10.1. The van der Waals surface area contributed by atoms with E-state index in [4.69, 9.17) is 4.74 Å². The van der Waals surface area contributed by atoms with Gasteiger partial charge >= 0.3 is 0 Å². The Kier molecular flexibility index (Phi) is 5.02. The van der Waals surface area contributed by atoms with E-state index >= 15 is 0 Å². The molecular weight excluding hydrogens is 435 g/mol. The van der Waals surface area contributed by atoms with Crippen molar-refractivity contribution in [1.82, 2.24) is 4.98 Å². The fourth-order valence-corrected chi connectivity index (χ4v) is 3.80. The van der Waals surface area contributed by atoms with Gasteiger partial charge in [0.05, 0.1) is 26.0 Å². The quantitative estimate of drug-likeness (QED) is 0.447. The van der Waals surface area contributed by atoms with Crippen LogP contribution in [0, 0.1) is 14.9 Å². The number of halogens is 1. The molecule has 1 aromatic heterocycles. The molecule has 2 aromatic carbocycles. The van der Waals surface area contributed by atoms with Crippen LogP contribution in [0.25, 0.3) is 21.9 Å². The van der Waals surface area contributed by atoms with Crippen LogP contribution in [0.15, 0.2) is 36.4 Å². The van der Waals surface area contributed by atoms with Crippen molar-refractivity contribution in [2.75, 3.05) is 6.61 Å². The maximum Gasteiger partial charge on any atom is 0.171 e. The molecule has 1 heterocycles. The number of ether oxygens (including phenoxy) is 1. The second-order valence-electron chi connectivity index (χ2n) is 4.94. The number of phenolic OH excluding ortho intramolecular Hbond substituents is 1. The van der Waals surface area contributed by atoms with Crippen molar-refractivity contribution in [1.29, 1.82) is 5.26 Å². The Bertz CT molecular complexity index is 940. The van der Waals surface area contributed by atoms with E-state index in [0.717, 1.165) is 15.8 Å². The van der Waals surface area contributed by atoms with Gasteiger partial charge in [0.15, 0.2) is 11.5 Å². The van der Waals surface area contributed by atoms with E-state index in [0.29, 0.717) is 26.5 Å². The molecule has 120 valence electrons. The third kappa shape index (κ3) is 3.37. The molecule has 0 saturated heterocycles. The van der Waals surface area contributed by atoms with Gasteiger partial charge in [0.2, 0.25) is 0 Å². The van der Waals surface area contributed by atoms with Crippen LogP contribution in [0.5, 0.6) is 11.5 Å². The number of aromatic hydroxyl groups is 1. The number of aromatic nitrogens is 1. The maximum atomic E-state index is 10.0. The van der Waals surface area contributed by atoms with Crippen LogP contribution in [-0.4, -0.2) is 16.7 Å². The number of fused-ring (bicyclic) bond motifs is 1. The minimum Gasteiger partial charge on any atom is -0.504 e. The van der Waals surface area contributed by atoms with Crippen molar-refractivity contribution in [2.45, 2.75) is 6.92 Å². The number of nitrogens with zero attached hydrogens (tertiary/aromatic N) is 2. The van der Waals surface area contributed by atoms with Gasteiger partial charge < -0.3 is 9.84 Å². The number of allylic oxidation sites excluding steroid dienone is 1. The van der Waals surface area contributed by atoms with Gasteiger partial charge in [-0.2, -0.15) is 5.26 Å². The van der Waals surface area contributed by atoms with Gasteiger partial charge in [0.1, 0.15) is 11.1 Å². The first kappa shape index (κ1) is 16.7. The van der Waals surface area contributed by atoms with E-state index < -0.39 is 0 Å². The fourth-order valence-electron chi connectivity index (χ4n) is 2.24. The second-order valence-corrected chi connectivity index (χ2v) is 7.13. The Labute approximate surface area is 157 Å². The summed E-state index contributed by atoms with van der Waals surface area (Å²) < 4.78 is 7.16. The van der Waals surface area contributed by atoms with Crippen molar-refractivity contribution in [2.24, 2.45) is 0 Å². The minimum absolute atomic E-state index is 0.119. The number of hydrogen-bond donors (Lipinski definition) is 1. The monoisotopic (exact) mass is 448 g/mol. The summed E-state index contributed by atoms with van der Waals surface area (Å²) in [5, 5.41) is 20.2. The molecule has 0 bridgehead atoms. The van der Waals surface area contributed by atoms with E-state index in [-0.39, 0.29) is 5.75 Å². The number of nitriles is 1. The normalized spacial score (nSPS) is 11.5. The number of phenols is 1. The van der Waals surface area contributed by atoms with Crippen LogP contribution < -0.4 is 4.74 Å². The zero-order chi connectivity index (χ0) is 17.1. The van der Waals surface area contributed by atoms with Gasteiger partial charge in [-0.3, -0.25) is 0 Å². The van der Waals surface area contributed by atoms with E-state index in [1.165, 1.54) is 11.3 Å². The lowest BCUT2D eigenvalue weighted by Crippen LogP contribution is -1.94. The number of hydrogen-bond acceptors (Lipinski definition) is 5. The van der Waals surface area contributed by atoms with Gasteiger partial charge in [0, 0.05) is 0 Å². The summed E-state index contributed by atoms with van der Waals surface area (Å²) in [5.74, 6) is 0.533. The summed E-state index contributed by atoms with van der Waals surface area (Å²) in [6.45, 7) is 2.32. The topological polar surface area (TPSA) is 66.1 Å². The number of rotatable bonds is 4. The van der Waals surface area contributed by atoms with E-state index in [1.54, 1.807) is 12.1 Å². The van der Waals surface area contributed by atoms with Crippen molar-refractivity contribution < 1.29 is 9.84 Å². The SMILES string of the molecule is CCOc1cc(/C=C(/C#N)c2nc3ccccc3s2)cc(I)c1O. The predicted octanol–water partition coefficient (Wildman–Crippen LogP) is 5.07. The Hall–Kier alpha value is -2.11. The summed E-state index contributed by atoms with van der Waals surface area (Å²) in [5.41, 5.74) is 2.16. The van der Waals surface area contributed by atoms with Crippen molar-refractivity contribution in [3.63, 3.8) is 0 Å². The molecule has 0 atom stereocenters. The molecule has 0 saturated carbocycles. The molecule has 1 N–H and O–H groups in total. The molecule has 3 aromatic rings. The summed E-state index contributed by atoms with van der Waals surface area (Å²) in [7, 11) is 0. The highest BCUT2D eigenvalue weighted by Gasteiger charge is 2.12. The maximum absolute atomic E-state index is 10.0. The summed E-state index contributed by atoms with van der Waals surface area (Å²) in [6.07, 6.45) is 1.77. The molecule has 0 aliphatic carbocycles. The highest BCUT2D eigenvalue weighted by atomic mass is 127. The molecule has 6 heteroatoms. The van der Waals surface area contributed by atoms with Crippen LogP contribution >= 0.6 is 33.9 Å². The first-order valence-corrected chi connectivity index (χ1v) is 9.15. The van der Waals surface area contributed by atoms with Crippen molar-refractivity contribution in [3.8, 4) is 17.6 Å². The Morgan fingerprint density at radius 3 is 2.92 bits per heavy atom. The van der Waals surface area contributed by atoms with E-state index in [9.17, 15) is 10.4 Å². The summed E-state index contributed by atoms with van der Waals surface area (Å²) in [6, 6.07) is 13.6. The molecule has 0 spiro atoms. The smallest absolute Gasteiger partial charge is 0.171 e. The van der Waals surface area contributed by atoms with Crippen LogP contribution in [0.3, 0.4) is 0 Å². The minimum atomic E-state index is 0.119. The highest BCUT2D eigenvalue weighted by molar-refractivity contribution is 14.1. The molecule has 0 fully saturated rings. The molecule has 24 heavy (non-hydrogen) atoms. The highest BCUT2D eigenvalue weighted by Crippen LogP contribution is 2.34. The Morgan fingerprint density at radius 1 is 1.42 bits per heavy atom. The lowest BCUT2D eigenvalue weighted by molar-refractivity contribution is 0.317. The molecule has 4 nitrogen and oxygen atoms in total. The summed E-state index contributed by atoms with van der Waals surface area (Å²) in [4.78, 5) is 4.52. The first-order valence-electron chi connectivity index (χ1n) is 7.25. The molecule has 0 aliphatic rings. The molecule has 0 amide bonds. The molecule has 0 unspecified atom stereocenters. The second kappa shape index (κ2) is 7.20. The predicted molar refractivity (Wildman–Crippen MR) is 105 cm³/mol. The van der Waals surface area contributed by atoms with Gasteiger partial charge in [-0.15, -0.1) is 11.3 Å². The number of para-hydroxylation sites is 1. The zero-order valence-corrected chi connectivity index (χ0v) is 15.8. The number of thiazole rings is 1. The van der Waals surface area contributed by atoms with Gasteiger partial charge in [-0.05, 0) is 65.4 Å². The average Bonchev–Trinajstić information content (AvgIpc) is 3.01. The summed E-state index contributed by atoms with van der Waals surface area (Å²) >= 11 is 3.53. The average molecular weight is 448 g/mol. The van der Waals surface area contributed by atoms with Gasteiger partial charge in [-0.1, -0.05) is 12.1 Å². The molecule has 0 radical (unpaired) electrons. The third-order valence-corrected chi connectivity index (χ3v) is 5.20. The van der Waals surface area contributed by atoms with Crippen molar-refractivity contribution >= 4 is 55.8 Å². The first-order chi connectivity index (χ1) is 11.6. The van der Waals surface area contributed by atoms with Crippen LogP contribution in [0.4, 0.5) is 0 Å². The largest absolute Gasteiger partial charge is 0.504 e. The third-order valence-electron chi connectivity index (χ3n) is 3.31. The van der Waals surface area contributed by atoms with Gasteiger partial charge in [-0.25, -0.2) is 4.98 Å². The lowest BCUT2D eigenvalue weighted by Gasteiger charge is -2.08. The van der Waals surface area contributed by atoms with Crippen molar-refractivity contribution in [3.05, 3.63) is 50.5 Å². The fraction of sp³-hybridized carbons (Fsp3) is 0.111. The Morgan fingerprint density at radius 2 is 2.21 bits per heavy atom. The molecule has 3 rings (SSSR count). The zero-order valence-electron chi connectivity index (χ0n) is 12.8. The standard InChI is InChI=1S/C18H13IN2O2S/c1-2-23-15-9-11(8-13(19)17(15)22)7-12(10-20)18-21-14-5-3-4-6-16(14)24-18/h3-9,22H,2H2,1H3/b12-7-. The number of benzene rings is 2. The van der Waals surface area contributed by atoms with Gasteiger partial charge in [0.25, 0.3) is 0 Å². The van der Waals surface area contributed by atoms with Crippen LogP contribution in [-0.2, 0) is 0 Å². The van der Waals surface area contributed by atoms with Crippen LogP contribution in [0.1, 0.15) is 17.5 Å². The van der Waals surface area contributed by atoms with E-state index in [2.05, 4.69) is 11.1 Å². The van der Waals surface area contributed by atoms with E-state index in [1.807, 2.05) is 59.8 Å². The van der Waals surface area contributed by atoms with Crippen LogP contribution in [0.2, 0.25) is 0 Å². The molecular formula is C18H13IN2O2S. The molecule has 0 aliphatic heterocycles. The Balaban J connectivity index is 2.06.